The number of imide groups is 1. The molecule has 0 bridgehead atoms. The van der Waals surface area contributed by atoms with Gasteiger partial charge in [-0.05, 0) is 44.9 Å². The van der Waals surface area contributed by atoms with Crippen LogP contribution in [-0.4, -0.2) is 62.5 Å². The molecule has 11 nitrogen and oxygen atoms in total. The maximum Gasteiger partial charge on any atom is 0.337 e. The number of nitrogens with two attached hydrogens (primary N) is 1. The Morgan fingerprint density at radius 2 is 1.80 bits per heavy atom. The zero-order chi connectivity index (χ0) is 30.0. The second-order valence-electron chi connectivity index (χ2n) is 11.1. The highest BCUT2D eigenvalue weighted by atomic mass is 32.2. The molecule has 2 aromatic heterocycles. The van der Waals surface area contributed by atoms with E-state index in [1.807, 2.05) is 26.2 Å². The molecule has 1 saturated carbocycles. The lowest BCUT2D eigenvalue weighted by Gasteiger charge is -2.27. The molecule has 0 spiro atoms. The Balaban J connectivity index is 1.71. The summed E-state index contributed by atoms with van der Waals surface area (Å²) in [5.41, 5.74) is 3.16. The standard InChI is InChI=1S/C27H37N7O4S3/c1-14(2)9-19(11-35)34(23(36)20-12-40-27(30-20)32(10-15(3)4)18-7-8-18)24(37)22-16(5)33(26(38)31-28)25(41-22)21-13-39-17(6)29-21/h11-15,18-19,25H,7-10,28H2,1-6H3,(H,31,38)/t19-,25?/m0/s1. The predicted octanol–water partition coefficient (Wildman–Crippen LogP) is 4.68. The van der Waals surface area contributed by atoms with Gasteiger partial charge in [0.1, 0.15) is 17.4 Å². The summed E-state index contributed by atoms with van der Waals surface area (Å²) in [7, 11) is 0. The lowest BCUT2D eigenvalue weighted by molar-refractivity contribution is -0.129. The van der Waals surface area contributed by atoms with Gasteiger partial charge in [-0.1, -0.05) is 39.5 Å². The van der Waals surface area contributed by atoms with Gasteiger partial charge in [0.05, 0.1) is 21.6 Å². The minimum absolute atomic E-state index is 0.0345. The quantitative estimate of drug-likeness (QED) is 0.121. The van der Waals surface area contributed by atoms with Crippen LogP contribution < -0.4 is 16.2 Å². The highest BCUT2D eigenvalue weighted by Crippen LogP contribution is 2.48. The van der Waals surface area contributed by atoms with Crippen LogP contribution in [0.2, 0.25) is 0 Å². The third-order valence-corrected chi connectivity index (χ3v) is 9.78. The number of aromatic nitrogens is 2. The monoisotopic (exact) mass is 619 g/mol. The summed E-state index contributed by atoms with van der Waals surface area (Å²) in [4.78, 5) is 67.3. The number of carbonyl (C=O) groups is 4. The number of hydrazine groups is 1. The molecule has 0 radical (unpaired) electrons. The Hall–Kier alpha value is -2.81. The van der Waals surface area contributed by atoms with E-state index in [0.717, 1.165) is 46.2 Å². The molecule has 1 unspecified atom stereocenters. The number of rotatable bonds is 11. The molecule has 222 valence electrons. The summed E-state index contributed by atoms with van der Waals surface area (Å²) in [6.45, 7) is 12.4. The van der Waals surface area contributed by atoms with E-state index in [0.29, 0.717) is 29.6 Å². The van der Waals surface area contributed by atoms with Crippen molar-refractivity contribution < 1.29 is 19.2 Å². The van der Waals surface area contributed by atoms with E-state index in [9.17, 15) is 19.2 Å². The molecule has 0 saturated heterocycles. The minimum atomic E-state index is -1.01. The molecule has 1 fully saturated rings. The number of allylic oxidation sites excluding steroid dienone is 1. The molecular weight excluding hydrogens is 583 g/mol. The third kappa shape index (κ3) is 6.82. The first-order chi connectivity index (χ1) is 19.5. The molecule has 3 N–H and O–H groups in total. The summed E-state index contributed by atoms with van der Waals surface area (Å²) in [5.74, 6) is 4.63. The molecule has 4 amide bonds. The number of anilines is 1. The van der Waals surface area contributed by atoms with Crippen LogP contribution in [0.15, 0.2) is 21.4 Å². The van der Waals surface area contributed by atoms with Crippen molar-refractivity contribution >= 4 is 63.7 Å². The van der Waals surface area contributed by atoms with Gasteiger partial charge in [0, 0.05) is 29.0 Å². The van der Waals surface area contributed by atoms with Crippen molar-refractivity contribution in [3.63, 3.8) is 0 Å². The minimum Gasteiger partial charge on any atom is -0.345 e. The van der Waals surface area contributed by atoms with Gasteiger partial charge in [-0.25, -0.2) is 20.6 Å². The number of aldehydes is 1. The van der Waals surface area contributed by atoms with Crippen molar-refractivity contribution in [2.24, 2.45) is 17.7 Å². The lowest BCUT2D eigenvalue weighted by Crippen LogP contribution is -2.47. The average Bonchev–Trinajstić information content (AvgIpc) is 3.31. The molecule has 2 atom stereocenters. The van der Waals surface area contributed by atoms with Crippen LogP contribution in [0, 0.1) is 18.8 Å². The first-order valence-corrected chi connectivity index (χ1v) is 16.2. The van der Waals surface area contributed by atoms with Gasteiger partial charge in [-0.15, -0.1) is 22.7 Å². The summed E-state index contributed by atoms with van der Waals surface area (Å²) >= 11 is 3.90. The van der Waals surface area contributed by atoms with E-state index >= 15 is 0 Å². The number of amides is 4. The van der Waals surface area contributed by atoms with E-state index in [1.54, 1.807) is 12.3 Å². The second-order valence-corrected chi connectivity index (χ2v) is 14.1. The summed E-state index contributed by atoms with van der Waals surface area (Å²) in [6, 6.07) is -1.22. The van der Waals surface area contributed by atoms with E-state index in [4.69, 9.17) is 5.84 Å². The number of carbonyl (C=O) groups excluding carboxylic acids is 4. The van der Waals surface area contributed by atoms with Gasteiger partial charge in [-0.3, -0.25) is 24.8 Å². The van der Waals surface area contributed by atoms with Crippen LogP contribution in [0.3, 0.4) is 0 Å². The molecular formula is C27H37N7O4S3. The molecule has 0 aromatic carbocycles. The van der Waals surface area contributed by atoms with Gasteiger partial charge in [0.15, 0.2) is 5.13 Å². The predicted molar refractivity (Wildman–Crippen MR) is 162 cm³/mol. The van der Waals surface area contributed by atoms with E-state index in [2.05, 4.69) is 34.1 Å². The largest absolute Gasteiger partial charge is 0.345 e. The summed E-state index contributed by atoms with van der Waals surface area (Å²) in [5, 5.41) is 4.35. The third-order valence-electron chi connectivity index (χ3n) is 6.73. The number of nitrogens with one attached hydrogen (secondary N) is 1. The Morgan fingerprint density at radius 1 is 1.10 bits per heavy atom. The van der Waals surface area contributed by atoms with Crippen molar-refractivity contribution in [2.45, 2.75) is 78.3 Å². The Bertz CT molecular complexity index is 1330. The number of hydrogen-bond acceptors (Lipinski definition) is 11. The first kappa shape index (κ1) is 31.1. The Labute approximate surface area is 252 Å². The summed E-state index contributed by atoms with van der Waals surface area (Å²) in [6.07, 6.45) is 3.09. The normalized spacial score (nSPS) is 17.8. The number of urea groups is 1. The molecule has 3 heterocycles. The van der Waals surface area contributed by atoms with Crippen molar-refractivity contribution in [1.29, 1.82) is 0 Å². The molecule has 4 rings (SSSR count). The maximum atomic E-state index is 14.2. The fraction of sp³-hybridized carbons (Fsp3) is 0.556. The highest BCUT2D eigenvalue weighted by molar-refractivity contribution is 8.04. The van der Waals surface area contributed by atoms with E-state index < -0.39 is 29.3 Å². The van der Waals surface area contributed by atoms with Crippen LogP contribution in [0.1, 0.15) is 80.4 Å². The van der Waals surface area contributed by atoms with Gasteiger partial charge < -0.3 is 9.69 Å². The van der Waals surface area contributed by atoms with Crippen LogP contribution >= 0.6 is 34.4 Å². The Kier molecular flexibility index (Phi) is 9.88. The summed E-state index contributed by atoms with van der Waals surface area (Å²) < 4.78 is 0. The molecule has 1 aliphatic heterocycles. The lowest BCUT2D eigenvalue weighted by atomic mass is 10.0. The fourth-order valence-electron chi connectivity index (χ4n) is 4.74. The van der Waals surface area contributed by atoms with Crippen LogP contribution in [-0.2, 0) is 9.59 Å². The van der Waals surface area contributed by atoms with E-state index in [-0.39, 0.29) is 22.9 Å². The van der Waals surface area contributed by atoms with Gasteiger partial charge in [0.2, 0.25) is 0 Å². The second kappa shape index (κ2) is 13.0. The average molecular weight is 620 g/mol. The number of nitrogens with zero attached hydrogens (tertiary/aromatic N) is 5. The molecule has 41 heavy (non-hydrogen) atoms. The number of thiazole rings is 2. The fourth-order valence-corrected chi connectivity index (χ4v) is 7.63. The SMILES string of the molecule is CC1=C(C(=O)N(C(=O)c2csc(N(CC(C)C)C3CC3)n2)[C@H](C=O)CC(C)C)SC(c2csc(C)n2)N1C(=O)NN. The smallest absolute Gasteiger partial charge is 0.337 e. The van der Waals surface area contributed by atoms with Crippen molar-refractivity contribution in [3.05, 3.63) is 37.8 Å². The van der Waals surface area contributed by atoms with Gasteiger partial charge in [-0.2, -0.15) is 0 Å². The van der Waals surface area contributed by atoms with Gasteiger partial charge >= 0.3 is 6.03 Å². The Morgan fingerprint density at radius 3 is 2.34 bits per heavy atom. The van der Waals surface area contributed by atoms with Crippen LogP contribution in [0.25, 0.3) is 0 Å². The zero-order valence-corrected chi connectivity index (χ0v) is 26.6. The number of hydrogen-bond donors (Lipinski definition) is 2. The van der Waals surface area contributed by atoms with Crippen LogP contribution in [0.5, 0.6) is 0 Å². The van der Waals surface area contributed by atoms with Crippen molar-refractivity contribution in [3.8, 4) is 0 Å². The van der Waals surface area contributed by atoms with Gasteiger partial charge in [0.25, 0.3) is 11.8 Å². The zero-order valence-electron chi connectivity index (χ0n) is 24.1. The molecule has 14 heteroatoms. The molecule has 2 aromatic rings. The molecule has 2 aliphatic rings. The van der Waals surface area contributed by atoms with Crippen LogP contribution in [0.4, 0.5) is 9.93 Å². The van der Waals surface area contributed by atoms with E-state index in [1.165, 1.54) is 27.6 Å². The van der Waals surface area contributed by atoms with Crippen molar-refractivity contribution in [2.75, 3.05) is 11.4 Å². The highest BCUT2D eigenvalue weighted by Gasteiger charge is 2.44. The molecule has 1 aliphatic carbocycles. The number of aryl methyl sites for hydroxylation is 1. The first-order valence-electron chi connectivity index (χ1n) is 13.6. The van der Waals surface area contributed by atoms with Crippen molar-refractivity contribution in [1.82, 2.24) is 25.2 Å². The topological polar surface area (TPSA) is 142 Å². The maximum absolute atomic E-state index is 14.2. The number of thioether (sulfide) groups is 1.